The standard InChI is InChI=1S/C28H36N4.2C2H6/c1-7-13-19(3)22(8-2)24-16-11-12-17-25(24)32-21(5)31(6)26-18-29-27(30-28(26)32)23-15-10-9-14-20(23)4;2*1-2/h9-12,14-19,21-22H,7-8,13H2,1-6H3;2*1-2H3. The lowest BCUT2D eigenvalue weighted by atomic mass is 9.82. The van der Waals surface area contributed by atoms with Crippen LogP contribution < -0.4 is 9.80 Å². The van der Waals surface area contributed by atoms with E-state index >= 15 is 0 Å². The minimum atomic E-state index is 0.173. The number of rotatable bonds is 7. The van der Waals surface area contributed by atoms with Crippen molar-refractivity contribution in [3.63, 3.8) is 0 Å². The molecule has 3 unspecified atom stereocenters. The monoisotopic (exact) mass is 488 g/mol. The lowest BCUT2D eigenvalue weighted by Gasteiger charge is -2.32. The number of hydrogen-bond donors (Lipinski definition) is 0. The summed E-state index contributed by atoms with van der Waals surface area (Å²) in [7, 11) is 2.14. The molecule has 0 aliphatic carbocycles. The van der Waals surface area contributed by atoms with E-state index in [1.807, 2.05) is 33.9 Å². The second-order valence-electron chi connectivity index (χ2n) is 9.17. The molecule has 0 radical (unpaired) electrons. The normalized spacial score (nSPS) is 15.8. The van der Waals surface area contributed by atoms with Crippen LogP contribution in [-0.2, 0) is 0 Å². The molecule has 36 heavy (non-hydrogen) atoms. The predicted octanol–water partition coefficient (Wildman–Crippen LogP) is 9.37. The van der Waals surface area contributed by atoms with Gasteiger partial charge in [-0.05, 0) is 49.3 Å². The van der Waals surface area contributed by atoms with Gasteiger partial charge in [0.25, 0.3) is 0 Å². The summed E-state index contributed by atoms with van der Waals surface area (Å²) in [6.07, 6.45) is 5.77. The van der Waals surface area contributed by atoms with Crippen molar-refractivity contribution >= 4 is 17.2 Å². The fourth-order valence-corrected chi connectivity index (χ4v) is 5.22. The Morgan fingerprint density at radius 1 is 0.917 bits per heavy atom. The number of fused-ring (bicyclic) bond motifs is 1. The Hall–Kier alpha value is -2.88. The second-order valence-corrected chi connectivity index (χ2v) is 9.17. The van der Waals surface area contributed by atoms with Crippen LogP contribution in [0.5, 0.6) is 0 Å². The summed E-state index contributed by atoms with van der Waals surface area (Å²) in [5, 5.41) is 0. The van der Waals surface area contributed by atoms with Gasteiger partial charge in [-0.2, -0.15) is 0 Å². The molecule has 0 bridgehead atoms. The molecule has 1 aliphatic rings. The van der Waals surface area contributed by atoms with E-state index < -0.39 is 0 Å². The zero-order chi connectivity index (χ0) is 26.8. The van der Waals surface area contributed by atoms with Crippen LogP contribution in [0.2, 0.25) is 0 Å². The molecule has 0 saturated carbocycles. The lowest BCUT2D eigenvalue weighted by molar-refractivity contribution is 0.415. The van der Waals surface area contributed by atoms with E-state index in [9.17, 15) is 0 Å². The number of aromatic nitrogens is 2. The number of benzene rings is 2. The SMILES string of the molecule is CC.CC.CCCC(C)C(CC)c1ccccc1N1c2nc(-c3ccccc3C)ncc2N(C)C1C. The maximum absolute atomic E-state index is 5.12. The van der Waals surface area contributed by atoms with Crippen LogP contribution in [-0.4, -0.2) is 23.2 Å². The van der Waals surface area contributed by atoms with Gasteiger partial charge in [-0.25, -0.2) is 9.97 Å². The Balaban J connectivity index is 0.00000109. The average molecular weight is 489 g/mol. The molecule has 3 atom stereocenters. The molecule has 1 aliphatic heterocycles. The van der Waals surface area contributed by atoms with Crippen LogP contribution in [0.1, 0.15) is 91.7 Å². The first kappa shape index (κ1) is 29.4. The molecule has 4 heteroatoms. The Morgan fingerprint density at radius 3 is 2.19 bits per heavy atom. The molecule has 4 nitrogen and oxygen atoms in total. The smallest absolute Gasteiger partial charge is 0.162 e. The van der Waals surface area contributed by atoms with E-state index in [-0.39, 0.29) is 6.17 Å². The van der Waals surface area contributed by atoms with Gasteiger partial charge >= 0.3 is 0 Å². The van der Waals surface area contributed by atoms with Gasteiger partial charge in [-0.1, -0.05) is 104 Å². The topological polar surface area (TPSA) is 32.3 Å². The maximum Gasteiger partial charge on any atom is 0.162 e. The van der Waals surface area contributed by atoms with Gasteiger partial charge in [0.1, 0.15) is 11.9 Å². The molecule has 196 valence electrons. The lowest BCUT2D eigenvalue weighted by Crippen LogP contribution is -2.36. The first-order valence-corrected chi connectivity index (χ1v) is 14.0. The average Bonchev–Trinajstić information content (AvgIpc) is 3.16. The van der Waals surface area contributed by atoms with E-state index in [1.165, 1.54) is 29.7 Å². The number of anilines is 3. The Bertz CT molecular complexity index is 1080. The molecule has 3 aromatic rings. The first-order chi connectivity index (χ1) is 17.5. The molecule has 0 N–H and O–H groups in total. The minimum Gasteiger partial charge on any atom is -0.350 e. The van der Waals surface area contributed by atoms with Crippen molar-refractivity contribution in [1.29, 1.82) is 0 Å². The highest BCUT2D eigenvalue weighted by Crippen LogP contribution is 2.46. The Morgan fingerprint density at radius 2 is 1.56 bits per heavy atom. The Labute approximate surface area is 220 Å². The van der Waals surface area contributed by atoms with Crippen molar-refractivity contribution in [2.45, 2.75) is 93.7 Å². The van der Waals surface area contributed by atoms with Gasteiger partial charge in [0.2, 0.25) is 0 Å². The van der Waals surface area contributed by atoms with Crippen LogP contribution in [0, 0.1) is 12.8 Å². The molecular formula is C32H48N4. The molecule has 0 spiro atoms. The van der Waals surface area contributed by atoms with Crippen molar-refractivity contribution in [2.24, 2.45) is 5.92 Å². The molecule has 2 heterocycles. The van der Waals surface area contributed by atoms with E-state index in [1.54, 1.807) is 0 Å². The van der Waals surface area contributed by atoms with Crippen molar-refractivity contribution in [3.8, 4) is 11.4 Å². The number of aryl methyl sites for hydroxylation is 1. The van der Waals surface area contributed by atoms with Gasteiger partial charge < -0.3 is 9.80 Å². The van der Waals surface area contributed by atoms with Crippen LogP contribution >= 0.6 is 0 Å². The zero-order valence-corrected chi connectivity index (χ0v) is 24.3. The van der Waals surface area contributed by atoms with Crippen molar-refractivity contribution in [3.05, 3.63) is 65.9 Å². The first-order valence-electron chi connectivity index (χ1n) is 14.0. The summed E-state index contributed by atoms with van der Waals surface area (Å²) in [6, 6.07) is 17.3. The highest BCUT2D eigenvalue weighted by Gasteiger charge is 2.36. The fraction of sp³-hybridized carbons (Fsp3) is 0.500. The third-order valence-corrected chi connectivity index (χ3v) is 7.14. The van der Waals surface area contributed by atoms with Gasteiger partial charge in [-0.3, -0.25) is 0 Å². The molecule has 2 aromatic carbocycles. The molecule has 0 saturated heterocycles. The Kier molecular flexibility index (Phi) is 11.4. The minimum absolute atomic E-state index is 0.173. The van der Waals surface area contributed by atoms with Crippen molar-refractivity contribution in [2.75, 3.05) is 16.8 Å². The van der Waals surface area contributed by atoms with E-state index in [0.717, 1.165) is 29.3 Å². The van der Waals surface area contributed by atoms with Gasteiger partial charge in [0.15, 0.2) is 11.6 Å². The number of hydrogen-bond acceptors (Lipinski definition) is 4. The summed E-state index contributed by atoms with van der Waals surface area (Å²) < 4.78 is 0. The van der Waals surface area contributed by atoms with E-state index in [2.05, 4.69) is 100.0 Å². The maximum atomic E-state index is 5.12. The predicted molar refractivity (Wildman–Crippen MR) is 158 cm³/mol. The summed E-state index contributed by atoms with van der Waals surface area (Å²) in [5.41, 5.74) is 6.07. The summed E-state index contributed by atoms with van der Waals surface area (Å²) in [6.45, 7) is 19.4. The van der Waals surface area contributed by atoms with Crippen LogP contribution in [0.4, 0.5) is 17.2 Å². The molecule has 4 rings (SSSR count). The zero-order valence-electron chi connectivity index (χ0n) is 24.3. The summed E-state index contributed by atoms with van der Waals surface area (Å²) in [4.78, 5) is 14.6. The van der Waals surface area contributed by atoms with Crippen LogP contribution in [0.25, 0.3) is 11.4 Å². The van der Waals surface area contributed by atoms with Gasteiger partial charge in [0, 0.05) is 18.3 Å². The molecular weight excluding hydrogens is 440 g/mol. The van der Waals surface area contributed by atoms with Crippen molar-refractivity contribution < 1.29 is 0 Å². The molecule has 0 fully saturated rings. The van der Waals surface area contributed by atoms with Crippen LogP contribution in [0.3, 0.4) is 0 Å². The fourth-order valence-electron chi connectivity index (χ4n) is 5.22. The van der Waals surface area contributed by atoms with Crippen molar-refractivity contribution in [1.82, 2.24) is 9.97 Å². The van der Waals surface area contributed by atoms with Gasteiger partial charge in [0.05, 0.1) is 6.20 Å². The quantitative estimate of drug-likeness (QED) is 0.331. The van der Waals surface area contributed by atoms with Crippen LogP contribution in [0.15, 0.2) is 54.7 Å². The number of nitrogens with zero attached hydrogens (tertiary/aromatic N) is 4. The summed E-state index contributed by atoms with van der Waals surface area (Å²) >= 11 is 0. The highest BCUT2D eigenvalue weighted by molar-refractivity contribution is 5.82. The highest BCUT2D eigenvalue weighted by atomic mass is 15.4. The van der Waals surface area contributed by atoms with E-state index in [4.69, 9.17) is 9.97 Å². The third-order valence-electron chi connectivity index (χ3n) is 7.14. The van der Waals surface area contributed by atoms with E-state index in [0.29, 0.717) is 11.8 Å². The second kappa shape index (κ2) is 14.0. The molecule has 0 amide bonds. The largest absolute Gasteiger partial charge is 0.350 e. The third kappa shape index (κ3) is 5.91. The molecule has 1 aromatic heterocycles. The summed E-state index contributed by atoms with van der Waals surface area (Å²) in [5.74, 6) is 2.97. The number of para-hydroxylation sites is 1. The van der Waals surface area contributed by atoms with Gasteiger partial charge in [-0.15, -0.1) is 0 Å².